The molecule has 0 aliphatic heterocycles. The molecule has 0 saturated heterocycles. The maximum absolute atomic E-state index is 12.8. The molecule has 3 aromatic heterocycles. The van der Waals surface area contributed by atoms with Crippen molar-refractivity contribution in [2.24, 2.45) is 11.8 Å². The van der Waals surface area contributed by atoms with E-state index in [0.717, 1.165) is 63.8 Å². The number of anilines is 2. The van der Waals surface area contributed by atoms with Crippen molar-refractivity contribution >= 4 is 43.2 Å². The second-order valence-electron chi connectivity index (χ2n) is 10.8. The maximum Gasteiger partial charge on any atom is 0.224 e. The molecule has 2 saturated carbocycles. The number of nitrogens with one attached hydrogen (secondary N) is 2. The van der Waals surface area contributed by atoms with Crippen molar-refractivity contribution in [1.82, 2.24) is 19.9 Å². The van der Waals surface area contributed by atoms with Crippen LogP contribution in [0, 0.1) is 25.7 Å². The van der Waals surface area contributed by atoms with Crippen molar-refractivity contribution in [2.75, 3.05) is 22.9 Å². The predicted molar refractivity (Wildman–Crippen MR) is 147 cm³/mol. The molecule has 10 heteroatoms. The number of aromatic nitrogens is 4. The van der Waals surface area contributed by atoms with Gasteiger partial charge in [-0.15, -0.1) is 11.3 Å². The Morgan fingerprint density at radius 2 is 1.86 bits per heavy atom. The average Bonchev–Trinajstić information content (AvgIpc) is 3.36. The summed E-state index contributed by atoms with van der Waals surface area (Å²) in [7, 11) is -3.15. The van der Waals surface area contributed by atoms with Gasteiger partial charge in [0.25, 0.3) is 0 Å². The molecule has 3 aromatic rings. The van der Waals surface area contributed by atoms with Gasteiger partial charge in [0.2, 0.25) is 5.95 Å². The first-order valence-electron chi connectivity index (χ1n) is 12.9. The summed E-state index contributed by atoms with van der Waals surface area (Å²) >= 11 is 1.63. The maximum atomic E-state index is 12.8. The Kier molecular flexibility index (Phi) is 6.70. The largest absolute Gasteiger partial charge is 0.367 e. The van der Waals surface area contributed by atoms with Gasteiger partial charge in [-0.05, 0) is 77.7 Å². The van der Waals surface area contributed by atoms with Gasteiger partial charge in [0.15, 0.2) is 9.84 Å². The van der Waals surface area contributed by atoms with E-state index in [1.807, 2.05) is 40.0 Å². The molecule has 36 heavy (non-hydrogen) atoms. The van der Waals surface area contributed by atoms with Crippen molar-refractivity contribution in [3.63, 3.8) is 0 Å². The number of aryl methyl sites for hydroxylation is 2. The molecule has 0 radical (unpaired) electrons. The van der Waals surface area contributed by atoms with E-state index in [1.165, 1.54) is 12.8 Å². The predicted octanol–water partition coefficient (Wildman–Crippen LogP) is 5.38. The summed E-state index contributed by atoms with van der Waals surface area (Å²) in [5.74, 6) is 2.39. The molecule has 0 spiro atoms. The van der Waals surface area contributed by atoms with Gasteiger partial charge in [-0.1, -0.05) is 6.92 Å². The number of hydrogen-bond donors (Lipinski definition) is 2. The lowest BCUT2D eigenvalue weighted by Crippen LogP contribution is -2.40. The minimum atomic E-state index is -3.15. The molecular weight excluding hydrogens is 492 g/mol. The lowest BCUT2D eigenvalue weighted by Gasteiger charge is -2.31. The molecule has 2 atom stereocenters. The van der Waals surface area contributed by atoms with Crippen LogP contribution < -0.4 is 10.6 Å². The second kappa shape index (κ2) is 9.52. The smallest absolute Gasteiger partial charge is 0.224 e. The Labute approximate surface area is 217 Å². The van der Waals surface area contributed by atoms with Gasteiger partial charge in [-0.25, -0.2) is 18.4 Å². The Morgan fingerprint density at radius 3 is 2.56 bits per heavy atom. The Bertz CT molecular complexity index is 1380. The van der Waals surface area contributed by atoms with Crippen molar-refractivity contribution < 1.29 is 8.42 Å². The van der Waals surface area contributed by atoms with E-state index < -0.39 is 14.6 Å². The van der Waals surface area contributed by atoms with Crippen LogP contribution in [-0.4, -0.2) is 51.4 Å². The highest BCUT2D eigenvalue weighted by molar-refractivity contribution is 7.92. The molecule has 2 N–H and O–H groups in total. The third-order valence-electron chi connectivity index (χ3n) is 7.98. The minimum Gasteiger partial charge on any atom is -0.367 e. The van der Waals surface area contributed by atoms with Crippen LogP contribution in [0.25, 0.3) is 20.8 Å². The normalized spacial score (nSPS) is 20.7. The molecule has 194 valence electrons. The van der Waals surface area contributed by atoms with E-state index in [2.05, 4.69) is 15.6 Å². The summed E-state index contributed by atoms with van der Waals surface area (Å²) in [5.41, 5.74) is 3.60. The molecule has 0 bridgehead atoms. The fraction of sp³-hybridized carbons (Fsp3) is 0.615. The summed E-state index contributed by atoms with van der Waals surface area (Å²) in [5, 5.41) is 7.98. The van der Waals surface area contributed by atoms with Gasteiger partial charge in [0.1, 0.15) is 16.3 Å². The topological polar surface area (TPSA) is 110 Å². The summed E-state index contributed by atoms with van der Waals surface area (Å²) in [4.78, 5) is 19.0. The fourth-order valence-corrected chi connectivity index (χ4v) is 7.80. The van der Waals surface area contributed by atoms with Crippen molar-refractivity contribution in [1.29, 1.82) is 0 Å². The average molecular weight is 529 g/mol. The summed E-state index contributed by atoms with van der Waals surface area (Å²) in [6, 6.07) is 2.14. The zero-order chi connectivity index (χ0) is 25.7. The van der Waals surface area contributed by atoms with Crippen LogP contribution in [0.3, 0.4) is 0 Å². The van der Waals surface area contributed by atoms with E-state index in [1.54, 1.807) is 18.3 Å². The zero-order valence-corrected chi connectivity index (χ0v) is 23.4. The molecule has 5 rings (SSSR count). The quantitative estimate of drug-likeness (QED) is 0.381. The highest BCUT2D eigenvalue weighted by Crippen LogP contribution is 2.42. The Balaban J connectivity index is 1.47. The molecule has 2 aliphatic carbocycles. The highest BCUT2D eigenvalue weighted by atomic mass is 32.2. The van der Waals surface area contributed by atoms with Gasteiger partial charge in [0.05, 0.1) is 26.4 Å². The van der Waals surface area contributed by atoms with Crippen LogP contribution in [0.5, 0.6) is 0 Å². The third-order valence-corrected chi connectivity index (χ3v) is 11.7. The summed E-state index contributed by atoms with van der Waals surface area (Å²) in [6.07, 6.45) is 6.91. The Morgan fingerprint density at radius 1 is 1.08 bits per heavy atom. The number of rotatable bonds is 9. The van der Waals surface area contributed by atoms with E-state index >= 15 is 0 Å². The number of fused-ring (bicyclic) bond motifs is 1. The zero-order valence-electron chi connectivity index (χ0n) is 21.8. The minimum absolute atomic E-state index is 0.106. The number of hydrogen-bond acceptors (Lipinski definition) is 9. The van der Waals surface area contributed by atoms with E-state index in [9.17, 15) is 8.42 Å². The van der Waals surface area contributed by atoms with Crippen LogP contribution in [-0.2, 0) is 9.84 Å². The van der Waals surface area contributed by atoms with Crippen molar-refractivity contribution in [3.05, 3.63) is 23.7 Å². The van der Waals surface area contributed by atoms with Gasteiger partial charge in [-0.2, -0.15) is 4.98 Å². The van der Waals surface area contributed by atoms with Crippen LogP contribution in [0.4, 0.5) is 11.8 Å². The number of nitrogens with zero attached hydrogens (tertiary/aromatic N) is 4. The molecule has 3 heterocycles. The molecular formula is C26H36N6O2S2. The lowest BCUT2D eigenvalue weighted by molar-refractivity contribution is 0.403. The molecule has 0 amide bonds. The third kappa shape index (κ3) is 4.81. The number of thiazole rings is 1. The Hall–Kier alpha value is -2.33. The van der Waals surface area contributed by atoms with E-state index in [-0.39, 0.29) is 17.7 Å². The van der Waals surface area contributed by atoms with Crippen LogP contribution in [0.2, 0.25) is 0 Å². The number of pyridine rings is 1. The van der Waals surface area contributed by atoms with Gasteiger partial charge >= 0.3 is 0 Å². The van der Waals surface area contributed by atoms with Crippen LogP contribution >= 0.6 is 11.3 Å². The van der Waals surface area contributed by atoms with Crippen LogP contribution in [0.15, 0.2) is 12.3 Å². The molecule has 2 aliphatic rings. The first-order valence-corrected chi connectivity index (χ1v) is 15.4. The van der Waals surface area contributed by atoms with Crippen molar-refractivity contribution in [3.8, 4) is 10.6 Å². The first-order chi connectivity index (χ1) is 17.1. The van der Waals surface area contributed by atoms with Gasteiger partial charge < -0.3 is 10.6 Å². The molecule has 0 unspecified atom stereocenters. The monoisotopic (exact) mass is 528 g/mol. The van der Waals surface area contributed by atoms with Gasteiger partial charge in [0, 0.05) is 24.5 Å². The van der Waals surface area contributed by atoms with Crippen LogP contribution in [0.1, 0.15) is 64.3 Å². The summed E-state index contributed by atoms with van der Waals surface area (Å²) < 4.78 is 25.9. The molecule has 2 fully saturated rings. The van der Waals surface area contributed by atoms with E-state index in [0.29, 0.717) is 11.9 Å². The highest BCUT2D eigenvalue weighted by Gasteiger charge is 2.44. The first kappa shape index (κ1) is 25.3. The fourth-order valence-electron chi connectivity index (χ4n) is 5.22. The van der Waals surface area contributed by atoms with Crippen molar-refractivity contribution in [2.45, 2.75) is 77.5 Å². The lowest BCUT2D eigenvalue weighted by atomic mass is 9.93. The molecule has 0 aromatic carbocycles. The summed E-state index contributed by atoms with van der Waals surface area (Å²) in [6.45, 7) is 10.4. The standard InChI is InChI=1S/C26H36N6O2S2/c1-6-36(33,34)26(4,5)18-9-10-19(13-18)30-23-21(15(2)29-25(32-23)28-14-17-7-8-17)24-31-22-16(3)27-12-11-20(22)35-24/h11-12,17-19H,6-10,13-14H2,1-5H3,(H2,28,29,30,32)/t18-,19+/m1/s1. The molecule has 8 nitrogen and oxygen atoms in total. The van der Waals surface area contributed by atoms with E-state index in [4.69, 9.17) is 15.0 Å². The number of sulfone groups is 1. The second-order valence-corrected chi connectivity index (χ2v) is 14.7. The van der Waals surface area contributed by atoms with Gasteiger partial charge in [-0.3, -0.25) is 4.98 Å². The SMILES string of the molecule is CCS(=O)(=O)C(C)(C)[C@@H]1CC[C@H](Nc2nc(NCC3CC3)nc(C)c2-c2nc3c(C)nccc3s2)C1.